The predicted octanol–water partition coefficient (Wildman–Crippen LogP) is 3.65. The van der Waals surface area contributed by atoms with Crippen LogP contribution in [-0.4, -0.2) is 45.3 Å². The summed E-state index contributed by atoms with van der Waals surface area (Å²) in [4.78, 5) is 35.1. The van der Waals surface area contributed by atoms with E-state index in [1.807, 2.05) is 31.7 Å². The molecule has 1 aromatic carbocycles. The molecule has 4 rings (SSSR count). The fourth-order valence-corrected chi connectivity index (χ4v) is 4.17. The van der Waals surface area contributed by atoms with Gasteiger partial charge in [0.1, 0.15) is 16.6 Å². The number of nitrogens with one attached hydrogen (secondary N) is 2. The summed E-state index contributed by atoms with van der Waals surface area (Å²) in [7, 11) is 0. The quantitative estimate of drug-likeness (QED) is 0.486. The maximum Gasteiger partial charge on any atom is 0.271 e. The Morgan fingerprint density at radius 1 is 1.24 bits per heavy atom. The lowest BCUT2D eigenvalue weighted by Gasteiger charge is -2.34. The number of amides is 2. The van der Waals surface area contributed by atoms with Crippen molar-refractivity contribution in [3.8, 4) is 0 Å². The Hall–Kier alpha value is -3.60. The van der Waals surface area contributed by atoms with Gasteiger partial charge in [0.2, 0.25) is 0 Å². The summed E-state index contributed by atoms with van der Waals surface area (Å²) >= 11 is 1.25. The molecule has 11 heteroatoms. The van der Waals surface area contributed by atoms with Crippen LogP contribution in [0.3, 0.4) is 0 Å². The number of hydrogen-bond donors (Lipinski definition) is 3. The second-order valence-corrected chi connectivity index (χ2v) is 8.32. The van der Waals surface area contributed by atoms with Crippen molar-refractivity contribution >= 4 is 40.0 Å². The third kappa shape index (κ3) is 6.25. The summed E-state index contributed by atoms with van der Waals surface area (Å²) in [5.74, 6) is -0.498. The van der Waals surface area contributed by atoms with E-state index >= 15 is 0 Å². The maximum absolute atomic E-state index is 13.1. The van der Waals surface area contributed by atoms with Crippen LogP contribution in [0.5, 0.6) is 0 Å². The summed E-state index contributed by atoms with van der Waals surface area (Å²) in [5.41, 5.74) is 6.75. The lowest BCUT2D eigenvalue weighted by Crippen LogP contribution is -2.48. The lowest BCUT2D eigenvalue weighted by atomic mass is 10.0. The zero-order valence-corrected chi connectivity index (χ0v) is 20.2. The smallest absolute Gasteiger partial charge is 0.271 e. The molecule has 1 aliphatic heterocycles. The zero-order valence-electron chi connectivity index (χ0n) is 19.3. The van der Waals surface area contributed by atoms with Crippen LogP contribution in [0.1, 0.15) is 53.2 Å². The highest BCUT2D eigenvalue weighted by atomic mass is 32.1. The van der Waals surface area contributed by atoms with Crippen molar-refractivity contribution < 1.29 is 14.0 Å². The molecule has 3 heterocycles. The van der Waals surface area contributed by atoms with E-state index in [1.54, 1.807) is 0 Å². The molecule has 2 aromatic heterocycles. The Morgan fingerprint density at radius 3 is 2.62 bits per heavy atom. The molecule has 3 aromatic rings. The SMILES string of the molecule is CC.Cc1cc(Nc2nc(N3CCC[C@@H](NC(=O)c4ccc(F)cc4)C3)cnc2C(N)=O)sn1. The first-order valence-corrected chi connectivity index (χ1v) is 11.8. The average Bonchev–Trinajstić information content (AvgIpc) is 3.25. The number of benzene rings is 1. The molecular weight excluding hydrogens is 457 g/mol. The molecule has 2 amide bonds. The van der Waals surface area contributed by atoms with Gasteiger partial charge in [0.25, 0.3) is 11.8 Å². The summed E-state index contributed by atoms with van der Waals surface area (Å²) in [6.45, 7) is 7.12. The van der Waals surface area contributed by atoms with Crippen LogP contribution < -0.4 is 21.3 Å². The molecular formula is C23H28FN7O2S. The molecule has 9 nitrogen and oxygen atoms in total. The van der Waals surface area contributed by atoms with Crippen molar-refractivity contribution in [3.63, 3.8) is 0 Å². The van der Waals surface area contributed by atoms with Crippen molar-refractivity contribution in [2.45, 2.75) is 39.7 Å². The second-order valence-electron chi connectivity index (χ2n) is 7.51. The van der Waals surface area contributed by atoms with E-state index in [4.69, 9.17) is 5.73 Å². The number of rotatable bonds is 6. The Kier molecular flexibility index (Phi) is 8.47. The minimum atomic E-state index is -0.684. The number of carbonyl (C=O) groups is 2. The normalized spacial score (nSPS) is 15.2. The first-order chi connectivity index (χ1) is 16.4. The first kappa shape index (κ1) is 25.0. The molecule has 0 radical (unpaired) electrons. The van der Waals surface area contributed by atoms with Gasteiger partial charge in [0, 0.05) is 24.7 Å². The number of piperidine rings is 1. The third-order valence-electron chi connectivity index (χ3n) is 5.05. The molecule has 0 unspecified atom stereocenters. The van der Waals surface area contributed by atoms with Gasteiger partial charge in [-0.25, -0.2) is 14.4 Å². The standard InChI is InChI=1S/C21H22FN7O2S.C2H6/c1-12-9-17(32-28-12)27-20-18(19(23)30)24-10-16(26-20)29-8-2-3-15(11-29)25-21(31)13-4-6-14(22)7-5-13;1-2/h4-7,9-10,15H,2-3,8,11H2,1H3,(H2,23,30)(H,25,31)(H,26,27);1-2H3/t15-;/m1./s1. The van der Waals surface area contributed by atoms with E-state index in [0.29, 0.717) is 17.9 Å². The van der Waals surface area contributed by atoms with Crippen LogP contribution in [0, 0.1) is 12.7 Å². The van der Waals surface area contributed by atoms with Crippen LogP contribution in [0.2, 0.25) is 0 Å². The number of nitrogens with zero attached hydrogens (tertiary/aromatic N) is 4. The van der Waals surface area contributed by atoms with Crippen molar-refractivity contribution in [2.24, 2.45) is 5.73 Å². The third-order valence-corrected chi connectivity index (χ3v) is 5.85. The van der Waals surface area contributed by atoms with Gasteiger partial charge in [-0.3, -0.25) is 9.59 Å². The highest BCUT2D eigenvalue weighted by Gasteiger charge is 2.24. The first-order valence-electron chi connectivity index (χ1n) is 11.1. The molecule has 1 atom stereocenters. The van der Waals surface area contributed by atoms with Crippen molar-refractivity contribution in [3.05, 3.63) is 59.3 Å². The van der Waals surface area contributed by atoms with Gasteiger partial charge < -0.3 is 21.3 Å². The fourth-order valence-electron chi connectivity index (χ4n) is 3.51. The Balaban J connectivity index is 0.00000158. The van der Waals surface area contributed by atoms with Gasteiger partial charge in [-0.05, 0) is 61.6 Å². The van der Waals surface area contributed by atoms with Gasteiger partial charge in [-0.1, -0.05) is 13.8 Å². The number of nitrogens with two attached hydrogens (primary N) is 1. The minimum absolute atomic E-state index is 0.0398. The van der Waals surface area contributed by atoms with E-state index in [1.165, 1.54) is 42.0 Å². The van der Waals surface area contributed by atoms with Gasteiger partial charge in [0.15, 0.2) is 11.5 Å². The van der Waals surface area contributed by atoms with E-state index in [2.05, 4.69) is 25.0 Å². The highest BCUT2D eigenvalue weighted by molar-refractivity contribution is 7.10. The molecule has 34 heavy (non-hydrogen) atoms. The fraction of sp³-hybridized carbons (Fsp3) is 0.348. The average molecular weight is 486 g/mol. The Labute approximate surface area is 201 Å². The predicted molar refractivity (Wildman–Crippen MR) is 131 cm³/mol. The molecule has 1 aliphatic rings. The molecule has 1 saturated heterocycles. The molecule has 0 saturated carbocycles. The highest BCUT2D eigenvalue weighted by Crippen LogP contribution is 2.25. The van der Waals surface area contributed by atoms with Crippen LogP contribution in [0.4, 0.5) is 21.0 Å². The summed E-state index contributed by atoms with van der Waals surface area (Å²) < 4.78 is 17.3. The zero-order chi connectivity index (χ0) is 24.7. The van der Waals surface area contributed by atoms with E-state index in [-0.39, 0.29) is 29.3 Å². The number of carbonyl (C=O) groups excluding carboxylic acids is 2. The second kappa shape index (κ2) is 11.5. The molecule has 0 aliphatic carbocycles. The van der Waals surface area contributed by atoms with Crippen LogP contribution in [0.25, 0.3) is 0 Å². The summed E-state index contributed by atoms with van der Waals surface area (Å²) in [5, 5.41) is 6.79. The lowest BCUT2D eigenvalue weighted by molar-refractivity contribution is 0.0931. The van der Waals surface area contributed by atoms with Crippen molar-refractivity contribution in [1.82, 2.24) is 19.7 Å². The van der Waals surface area contributed by atoms with Crippen molar-refractivity contribution in [1.29, 1.82) is 0 Å². The topological polar surface area (TPSA) is 126 Å². The molecule has 180 valence electrons. The van der Waals surface area contributed by atoms with Crippen LogP contribution in [0.15, 0.2) is 36.5 Å². The summed E-state index contributed by atoms with van der Waals surface area (Å²) in [6.07, 6.45) is 3.15. The van der Waals surface area contributed by atoms with Gasteiger partial charge in [-0.2, -0.15) is 4.37 Å². The molecule has 0 spiro atoms. The largest absolute Gasteiger partial charge is 0.364 e. The van der Waals surface area contributed by atoms with Gasteiger partial charge >= 0.3 is 0 Å². The number of aromatic nitrogens is 3. The Bertz CT molecular complexity index is 1140. The number of anilines is 3. The van der Waals surface area contributed by atoms with Crippen LogP contribution >= 0.6 is 11.5 Å². The number of aryl methyl sites for hydroxylation is 1. The Morgan fingerprint density at radius 2 is 1.97 bits per heavy atom. The summed E-state index contributed by atoms with van der Waals surface area (Å²) in [6, 6.07) is 7.16. The van der Waals surface area contributed by atoms with Gasteiger partial charge in [-0.15, -0.1) is 0 Å². The maximum atomic E-state index is 13.1. The molecule has 1 fully saturated rings. The van der Waals surface area contributed by atoms with E-state index in [9.17, 15) is 14.0 Å². The number of primary amides is 1. The number of halogens is 1. The van der Waals surface area contributed by atoms with E-state index < -0.39 is 5.91 Å². The van der Waals surface area contributed by atoms with Crippen LogP contribution in [-0.2, 0) is 0 Å². The molecule has 0 bridgehead atoms. The molecule has 4 N–H and O–H groups in total. The van der Waals surface area contributed by atoms with E-state index in [0.717, 1.165) is 30.1 Å². The van der Waals surface area contributed by atoms with Gasteiger partial charge in [0.05, 0.1) is 11.9 Å². The van der Waals surface area contributed by atoms with Crippen molar-refractivity contribution in [2.75, 3.05) is 23.3 Å². The monoisotopic (exact) mass is 485 g/mol. The number of hydrogen-bond acceptors (Lipinski definition) is 8. The minimum Gasteiger partial charge on any atom is -0.364 e.